The van der Waals surface area contributed by atoms with Gasteiger partial charge in [-0.15, -0.1) is 0 Å². The summed E-state index contributed by atoms with van der Waals surface area (Å²) in [6.45, 7) is 0. The first-order valence-electron chi connectivity index (χ1n) is 5.74. The number of rotatable bonds is 4. The van der Waals surface area contributed by atoms with Crippen molar-refractivity contribution in [1.29, 1.82) is 0 Å². The first-order valence-corrected chi connectivity index (χ1v) is 5.74. The van der Waals surface area contributed by atoms with E-state index in [1.54, 1.807) is 0 Å². The molecular weight excluding hydrogens is 282 g/mol. The van der Waals surface area contributed by atoms with E-state index in [1.807, 2.05) is 0 Å². The zero-order chi connectivity index (χ0) is 15.6. The van der Waals surface area contributed by atoms with Crippen molar-refractivity contribution in [2.45, 2.75) is 0 Å². The maximum absolute atomic E-state index is 12.0. The molecular formula is C12H12N3O6+. The molecule has 0 aliphatic rings. The van der Waals surface area contributed by atoms with Crippen molar-refractivity contribution in [3.05, 3.63) is 39.9 Å². The third kappa shape index (κ3) is 2.76. The van der Waals surface area contributed by atoms with Crippen LogP contribution in [0.3, 0.4) is 0 Å². The van der Waals surface area contributed by atoms with Crippen LogP contribution in [0.4, 0.5) is 5.69 Å². The lowest BCUT2D eigenvalue weighted by atomic mass is 10.2. The van der Waals surface area contributed by atoms with E-state index in [0.717, 1.165) is 4.68 Å². The molecule has 0 aliphatic heterocycles. The fourth-order valence-electron chi connectivity index (χ4n) is 1.69. The third-order valence-corrected chi connectivity index (χ3v) is 2.72. The molecule has 3 N–H and O–H groups in total. The molecule has 0 aliphatic carbocycles. The number of amides is 1. The van der Waals surface area contributed by atoms with Crippen molar-refractivity contribution in [3.63, 3.8) is 0 Å². The maximum atomic E-state index is 12.0. The summed E-state index contributed by atoms with van der Waals surface area (Å²) in [6.07, 6.45) is 0. The monoisotopic (exact) mass is 294 g/mol. The van der Waals surface area contributed by atoms with Gasteiger partial charge >= 0.3 is 23.2 Å². The largest absolute Gasteiger partial charge is 0.495 e. The van der Waals surface area contributed by atoms with Crippen LogP contribution in [0.5, 0.6) is 5.75 Å². The SMILES string of the molecule is COc1cc(C(=O)O)ccc1NC(=O)c1c(=O)o[nH][n+]1C. The first kappa shape index (κ1) is 14.3. The fourth-order valence-corrected chi connectivity index (χ4v) is 1.69. The van der Waals surface area contributed by atoms with E-state index < -0.39 is 17.5 Å². The molecule has 0 saturated carbocycles. The third-order valence-electron chi connectivity index (χ3n) is 2.72. The highest BCUT2D eigenvalue weighted by atomic mass is 16.5. The number of aryl methyl sites for hydroxylation is 1. The molecule has 0 unspecified atom stereocenters. The number of H-pyrrole nitrogens is 1. The number of carboxylic acid groups (broad SMARTS) is 1. The van der Waals surface area contributed by atoms with Crippen LogP contribution in [0.15, 0.2) is 27.5 Å². The summed E-state index contributed by atoms with van der Waals surface area (Å²) in [6, 6.07) is 3.94. The highest BCUT2D eigenvalue weighted by Crippen LogP contribution is 2.25. The second kappa shape index (κ2) is 5.49. The lowest BCUT2D eigenvalue weighted by Gasteiger charge is -2.09. The predicted molar refractivity (Wildman–Crippen MR) is 68.4 cm³/mol. The number of carbonyl (C=O) groups is 2. The molecule has 9 nitrogen and oxygen atoms in total. The molecule has 9 heteroatoms. The van der Waals surface area contributed by atoms with E-state index in [4.69, 9.17) is 9.84 Å². The minimum atomic E-state index is -1.12. The van der Waals surface area contributed by atoms with Crippen LogP contribution in [0, 0.1) is 0 Å². The number of hydrogen-bond donors (Lipinski definition) is 3. The number of ether oxygens (including phenoxy) is 1. The second-order valence-corrected chi connectivity index (χ2v) is 4.06. The summed E-state index contributed by atoms with van der Waals surface area (Å²) >= 11 is 0. The number of aromatic carboxylic acids is 1. The summed E-state index contributed by atoms with van der Waals surface area (Å²) in [5, 5.41) is 13.6. The Morgan fingerprint density at radius 3 is 2.67 bits per heavy atom. The molecule has 110 valence electrons. The van der Waals surface area contributed by atoms with Crippen molar-refractivity contribution < 1.29 is 28.6 Å². The Labute approximate surface area is 117 Å². The van der Waals surface area contributed by atoms with Crippen molar-refractivity contribution in [3.8, 4) is 5.75 Å². The first-order chi connectivity index (χ1) is 9.93. The Bertz CT molecular complexity index is 761. The van der Waals surface area contributed by atoms with Gasteiger partial charge < -0.3 is 15.2 Å². The molecule has 1 amide bonds. The van der Waals surface area contributed by atoms with Gasteiger partial charge in [0.05, 0.1) is 18.4 Å². The summed E-state index contributed by atoms with van der Waals surface area (Å²) in [7, 11) is 2.77. The van der Waals surface area contributed by atoms with E-state index in [9.17, 15) is 14.4 Å². The number of aromatic amines is 1. The van der Waals surface area contributed by atoms with Crippen LogP contribution >= 0.6 is 0 Å². The van der Waals surface area contributed by atoms with Gasteiger partial charge in [-0.05, 0) is 23.5 Å². The van der Waals surface area contributed by atoms with Gasteiger partial charge in [0, 0.05) is 0 Å². The van der Waals surface area contributed by atoms with E-state index in [1.165, 1.54) is 32.4 Å². The van der Waals surface area contributed by atoms with E-state index in [2.05, 4.69) is 15.1 Å². The summed E-state index contributed by atoms with van der Waals surface area (Å²) in [4.78, 5) is 34.3. The zero-order valence-electron chi connectivity index (χ0n) is 11.2. The van der Waals surface area contributed by atoms with Gasteiger partial charge in [-0.25, -0.2) is 9.59 Å². The quantitative estimate of drug-likeness (QED) is 0.668. The van der Waals surface area contributed by atoms with Gasteiger partial charge in [-0.3, -0.25) is 9.32 Å². The normalized spacial score (nSPS) is 10.2. The number of anilines is 1. The second-order valence-electron chi connectivity index (χ2n) is 4.06. The van der Waals surface area contributed by atoms with Crippen LogP contribution < -0.4 is 20.4 Å². The Balaban J connectivity index is 2.33. The molecule has 1 heterocycles. The summed E-state index contributed by atoms with van der Waals surface area (Å²) in [5.74, 6) is -1.68. The molecule has 0 bridgehead atoms. The van der Waals surface area contributed by atoms with Crippen LogP contribution in [-0.4, -0.2) is 29.4 Å². The number of carboxylic acids is 1. The van der Waals surface area contributed by atoms with Crippen LogP contribution in [0.2, 0.25) is 0 Å². The number of aromatic nitrogens is 2. The predicted octanol–water partition coefficient (Wildman–Crippen LogP) is -0.249. The highest BCUT2D eigenvalue weighted by molar-refractivity contribution is 6.02. The molecule has 1 aromatic carbocycles. The number of nitrogens with one attached hydrogen (secondary N) is 2. The van der Waals surface area contributed by atoms with Crippen molar-refractivity contribution in [2.75, 3.05) is 12.4 Å². The molecule has 0 spiro atoms. The maximum Gasteiger partial charge on any atom is 0.440 e. The average molecular weight is 294 g/mol. The topological polar surface area (TPSA) is 126 Å². The standard InChI is InChI=1S/C12H11N3O6/c1-15-9(12(19)21-14-15)10(16)13-7-4-3-6(11(17)18)5-8(7)20-2/h3-5H,1-2H3,(H2-,13,14,16,17,18,19)/p+1. The number of methoxy groups -OCH3 is 1. The molecule has 0 atom stereocenters. The minimum absolute atomic E-state index is 0.0107. The van der Waals surface area contributed by atoms with Gasteiger partial charge in [0.1, 0.15) is 5.75 Å². The van der Waals surface area contributed by atoms with Gasteiger partial charge in [0.15, 0.2) is 7.05 Å². The molecule has 0 radical (unpaired) electrons. The van der Waals surface area contributed by atoms with Gasteiger partial charge in [-0.1, -0.05) is 4.68 Å². The molecule has 0 fully saturated rings. The molecule has 2 aromatic rings. The van der Waals surface area contributed by atoms with Crippen LogP contribution in [0.25, 0.3) is 0 Å². The minimum Gasteiger partial charge on any atom is -0.495 e. The molecule has 1 aromatic heterocycles. The van der Waals surface area contributed by atoms with Gasteiger partial charge in [0.25, 0.3) is 0 Å². The average Bonchev–Trinajstić information content (AvgIpc) is 2.78. The Hall–Kier alpha value is -3.10. The van der Waals surface area contributed by atoms with Crippen molar-refractivity contribution in [1.82, 2.24) is 5.27 Å². The Morgan fingerprint density at radius 2 is 2.14 bits per heavy atom. The smallest absolute Gasteiger partial charge is 0.440 e. The molecule has 0 saturated heterocycles. The lowest BCUT2D eigenvalue weighted by Crippen LogP contribution is -2.41. The number of benzene rings is 1. The number of carbonyl (C=O) groups excluding carboxylic acids is 1. The summed E-state index contributed by atoms with van der Waals surface area (Å²) in [5.41, 5.74) is -0.819. The Morgan fingerprint density at radius 1 is 1.43 bits per heavy atom. The summed E-state index contributed by atoms with van der Waals surface area (Å²) < 4.78 is 10.6. The molecule has 2 rings (SSSR count). The van der Waals surface area contributed by atoms with E-state index in [0.29, 0.717) is 0 Å². The van der Waals surface area contributed by atoms with Crippen LogP contribution in [-0.2, 0) is 7.05 Å². The van der Waals surface area contributed by atoms with Crippen LogP contribution in [0.1, 0.15) is 20.8 Å². The van der Waals surface area contributed by atoms with Gasteiger partial charge in [-0.2, -0.15) is 0 Å². The number of hydrogen-bond acceptors (Lipinski definition) is 5. The highest BCUT2D eigenvalue weighted by Gasteiger charge is 2.27. The van der Waals surface area contributed by atoms with E-state index in [-0.39, 0.29) is 22.7 Å². The Kier molecular flexibility index (Phi) is 3.74. The fraction of sp³-hybridized carbons (Fsp3) is 0.167. The lowest BCUT2D eigenvalue weighted by molar-refractivity contribution is -0.741. The zero-order valence-corrected chi connectivity index (χ0v) is 11.2. The van der Waals surface area contributed by atoms with Gasteiger partial charge in [0.2, 0.25) is 0 Å². The number of nitrogens with zero attached hydrogens (tertiary/aromatic N) is 1. The molecule has 21 heavy (non-hydrogen) atoms. The van der Waals surface area contributed by atoms with Crippen molar-refractivity contribution >= 4 is 17.6 Å². The van der Waals surface area contributed by atoms with E-state index >= 15 is 0 Å². The van der Waals surface area contributed by atoms with Crippen molar-refractivity contribution in [2.24, 2.45) is 7.05 Å².